The van der Waals surface area contributed by atoms with Gasteiger partial charge in [-0.2, -0.15) is 4.98 Å². The average molecular weight is 389 g/mol. The summed E-state index contributed by atoms with van der Waals surface area (Å²) in [4.78, 5) is 25.2. The lowest BCUT2D eigenvalue weighted by molar-refractivity contribution is 0.0601. The van der Waals surface area contributed by atoms with Gasteiger partial charge in [0.1, 0.15) is 5.82 Å². The van der Waals surface area contributed by atoms with Crippen LogP contribution in [0, 0.1) is 0 Å². The van der Waals surface area contributed by atoms with Gasteiger partial charge in [0.15, 0.2) is 0 Å². The fourth-order valence-corrected chi connectivity index (χ4v) is 3.45. The normalized spacial score (nSPS) is 13.8. The third kappa shape index (κ3) is 4.68. The van der Waals surface area contributed by atoms with Gasteiger partial charge < -0.3 is 15.4 Å². The maximum absolute atomic E-state index is 11.6. The molecule has 0 aliphatic heterocycles. The Morgan fingerprint density at radius 2 is 1.90 bits per heavy atom. The summed E-state index contributed by atoms with van der Waals surface area (Å²) in [6, 6.07) is 13.2. The second-order valence-electron chi connectivity index (χ2n) is 7.02. The highest BCUT2D eigenvalue weighted by Gasteiger charge is 2.17. The fraction of sp³-hybridized carbons (Fsp3) is 0.273. The Morgan fingerprint density at radius 3 is 2.59 bits per heavy atom. The number of hydrogen-bond donors (Lipinski definition) is 2. The van der Waals surface area contributed by atoms with Gasteiger partial charge >= 0.3 is 5.97 Å². The molecule has 148 valence electrons. The summed E-state index contributed by atoms with van der Waals surface area (Å²) < 4.78 is 4.74. The largest absolute Gasteiger partial charge is 0.465 e. The van der Waals surface area contributed by atoms with E-state index >= 15 is 0 Å². The minimum Gasteiger partial charge on any atom is -0.465 e. The van der Waals surface area contributed by atoms with Crippen LogP contribution in [-0.2, 0) is 4.74 Å². The molecule has 0 radical (unpaired) electrons. The topological polar surface area (TPSA) is 89.0 Å². The number of ether oxygens (including phenoxy) is 1. The van der Waals surface area contributed by atoms with Gasteiger partial charge in [-0.25, -0.2) is 9.78 Å². The van der Waals surface area contributed by atoms with Crippen molar-refractivity contribution in [3.63, 3.8) is 0 Å². The standard InChI is InChI=1S/C22H23N5O2/c1-29-21(28)15-8-10-18(11-9-15)24-20-13-19(16-5-4-12-23-14-16)26-22(27-20)25-17-6-2-3-7-17/h4-5,8-14,17H,2-3,6-7H2,1H3,(H2,24,25,26,27). The maximum Gasteiger partial charge on any atom is 0.337 e. The quantitative estimate of drug-likeness (QED) is 0.603. The monoisotopic (exact) mass is 389 g/mol. The molecule has 2 aromatic heterocycles. The molecule has 29 heavy (non-hydrogen) atoms. The molecule has 7 nitrogen and oxygen atoms in total. The zero-order chi connectivity index (χ0) is 20.1. The molecular weight excluding hydrogens is 366 g/mol. The Balaban J connectivity index is 1.61. The number of anilines is 3. The molecule has 0 bridgehead atoms. The zero-order valence-corrected chi connectivity index (χ0v) is 16.3. The first-order valence-electron chi connectivity index (χ1n) is 9.73. The van der Waals surface area contributed by atoms with Crippen LogP contribution in [0.15, 0.2) is 54.9 Å². The molecule has 0 spiro atoms. The van der Waals surface area contributed by atoms with E-state index in [1.807, 2.05) is 30.3 Å². The van der Waals surface area contributed by atoms with Crippen molar-refractivity contribution >= 4 is 23.4 Å². The zero-order valence-electron chi connectivity index (χ0n) is 16.3. The molecule has 7 heteroatoms. The lowest BCUT2D eigenvalue weighted by Crippen LogP contribution is -2.17. The number of nitrogens with zero attached hydrogens (tertiary/aromatic N) is 3. The Morgan fingerprint density at radius 1 is 1.10 bits per heavy atom. The maximum atomic E-state index is 11.6. The highest BCUT2D eigenvalue weighted by Crippen LogP contribution is 2.26. The number of methoxy groups -OCH3 is 1. The van der Waals surface area contributed by atoms with Crippen molar-refractivity contribution in [1.29, 1.82) is 0 Å². The number of aromatic nitrogens is 3. The highest BCUT2D eigenvalue weighted by atomic mass is 16.5. The van der Waals surface area contributed by atoms with Crippen LogP contribution < -0.4 is 10.6 Å². The number of esters is 1. The van der Waals surface area contributed by atoms with Crippen LogP contribution in [0.1, 0.15) is 36.0 Å². The molecular formula is C22H23N5O2. The third-order valence-corrected chi connectivity index (χ3v) is 4.95. The van der Waals surface area contributed by atoms with Crippen molar-refractivity contribution in [2.24, 2.45) is 0 Å². The van der Waals surface area contributed by atoms with E-state index in [1.54, 1.807) is 24.5 Å². The first-order chi connectivity index (χ1) is 14.2. The third-order valence-electron chi connectivity index (χ3n) is 4.95. The number of benzene rings is 1. The van der Waals surface area contributed by atoms with Gasteiger partial charge in [0.05, 0.1) is 18.4 Å². The van der Waals surface area contributed by atoms with E-state index in [0.29, 0.717) is 23.4 Å². The van der Waals surface area contributed by atoms with Crippen molar-refractivity contribution in [3.05, 3.63) is 60.4 Å². The van der Waals surface area contributed by atoms with E-state index in [-0.39, 0.29) is 5.97 Å². The average Bonchev–Trinajstić information content (AvgIpc) is 3.27. The van der Waals surface area contributed by atoms with Crippen LogP contribution in [-0.4, -0.2) is 34.1 Å². The molecule has 0 unspecified atom stereocenters. The fourth-order valence-electron chi connectivity index (χ4n) is 3.45. The van der Waals surface area contributed by atoms with E-state index in [1.165, 1.54) is 20.0 Å². The van der Waals surface area contributed by atoms with E-state index in [9.17, 15) is 4.79 Å². The van der Waals surface area contributed by atoms with Crippen molar-refractivity contribution in [2.45, 2.75) is 31.7 Å². The first-order valence-corrected chi connectivity index (χ1v) is 9.73. The number of hydrogen-bond acceptors (Lipinski definition) is 7. The first kappa shape index (κ1) is 18.9. The molecule has 2 N–H and O–H groups in total. The van der Waals surface area contributed by atoms with Crippen LogP contribution in [0.2, 0.25) is 0 Å². The van der Waals surface area contributed by atoms with Crippen LogP contribution in [0.25, 0.3) is 11.3 Å². The van der Waals surface area contributed by atoms with Crippen molar-refractivity contribution in [3.8, 4) is 11.3 Å². The van der Waals surface area contributed by atoms with Crippen LogP contribution in [0.5, 0.6) is 0 Å². The van der Waals surface area contributed by atoms with Crippen LogP contribution in [0.3, 0.4) is 0 Å². The molecule has 4 rings (SSSR count). The SMILES string of the molecule is COC(=O)c1ccc(Nc2cc(-c3cccnc3)nc(NC3CCCC3)n2)cc1. The summed E-state index contributed by atoms with van der Waals surface area (Å²) in [5.74, 6) is 0.914. The summed E-state index contributed by atoms with van der Waals surface area (Å²) in [6.07, 6.45) is 8.27. The summed E-state index contributed by atoms with van der Waals surface area (Å²) in [5, 5.41) is 6.76. The number of nitrogens with one attached hydrogen (secondary N) is 2. The molecule has 1 aliphatic rings. The summed E-state index contributed by atoms with van der Waals surface area (Å²) in [7, 11) is 1.37. The Hall–Kier alpha value is -3.48. The summed E-state index contributed by atoms with van der Waals surface area (Å²) >= 11 is 0. The van der Waals surface area contributed by atoms with Gasteiger partial charge in [0, 0.05) is 35.8 Å². The molecule has 1 aromatic carbocycles. The molecule has 1 saturated carbocycles. The van der Waals surface area contributed by atoms with E-state index in [0.717, 1.165) is 29.8 Å². The minimum absolute atomic E-state index is 0.361. The van der Waals surface area contributed by atoms with Crippen LogP contribution >= 0.6 is 0 Å². The lowest BCUT2D eigenvalue weighted by Gasteiger charge is -2.15. The Labute approximate surface area is 169 Å². The number of rotatable bonds is 6. The second-order valence-corrected chi connectivity index (χ2v) is 7.02. The number of carbonyl (C=O) groups excluding carboxylic acids is 1. The molecule has 3 aromatic rings. The molecule has 2 heterocycles. The molecule has 1 aliphatic carbocycles. The Kier molecular flexibility index (Phi) is 5.65. The van der Waals surface area contributed by atoms with Crippen molar-refractivity contribution in [2.75, 3.05) is 17.7 Å². The molecule has 0 amide bonds. The van der Waals surface area contributed by atoms with Gasteiger partial charge in [-0.3, -0.25) is 4.98 Å². The van der Waals surface area contributed by atoms with E-state index < -0.39 is 0 Å². The van der Waals surface area contributed by atoms with E-state index in [2.05, 4.69) is 20.6 Å². The second kappa shape index (κ2) is 8.68. The van der Waals surface area contributed by atoms with Crippen molar-refractivity contribution < 1.29 is 9.53 Å². The van der Waals surface area contributed by atoms with Gasteiger partial charge in [-0.1, -0.05) is 12.8 Å². The molecule has 0 atom stereocenters. The lowest BCUT2D eigenvalue weighted by atomic mass is 10.2. The predicted molar refractivity (Wildman–Crippen MR) is 112 cm³/mol. The number of pyridine rings is 1. The highest BCUT2D eigenvalue weighted by molar-refractivity contribution is 5.89. The molecule has 0 saturated heterocycles. The Bertz CT molecular complexity index is 970. The minimum atomic E-state index is -0.361. The van der Waals surface area contributed by atoms with Gasteiger partial charge in [0.25, 0.3) is 0 Å². The smallest absolute Gasteiger partial charge is 0.337 e. The van der Waals surface area contributed by atoms with E-state index in [4.69, 9.17) is 9.72 Å². The predicted octanol–water partition coefficient (Wildman–Crippen LogP) is 4.42. The van der Waals surface area contributed by atoms with Gasteiger partial charge in [0.2, 0.25) is 5.95 Å². The molecule has 1 fully saturated rings. The summed E-state index contributed by atoms with van der Waals surface area (Å²) in [6.45, 7) is 0. The summed E-state index contributed by atoms with van der Waals surface area (Å²) in [5.41, 5.74) is 3.04. The van der Waals surface area contributed by atoms with Crippen molar-refractivity contribution in [1.82, 2.24) is 15.0 Å². The number of carbonyl (C=O) groups is 1. The van der Waals surface area contributed by atoms with Gasteiger partial charge in [-0.15, -0.1) is 0 Å². The van der Waals surface area contributed by atoms with Crippen LogP contribution in [0.4, 0.5) is 17.5 Å². The van der Waals surface area contributed by atoms with Gasteiger partial charge in [-0.05, 0) is 49.2 Å².